The molecule has 0 saturated carbocycles. The zero-order valence-corrected chi connectivity index (χ0v) is 19.2. The summed E-state index contributed by atoms with van der Waals surface area (Å²) in [5.74, 6) is 0. The molecule has 0 aliphatic heterocycles. The van der Waals surface area contributed by atoms with E-state index in [1.54, 1.807) is 12.4 Å². The molecule has 0 bridgehead atoms. The number of rotatable bonds is 3. The molecule has 0 saturated heterocycles. The molecule has 3 aromatic carbocycles. The van der Waals surface area contributed by atoms with Crippen LogP contribution in [0.25, 0.3) is 33.6 Å². The summed E-state index contributed by atoms with van der Waals surface area (Å²) >= 11 is 0. The molecule has 0 aliphatic rings. The minimum absolute atomic E-state index is 0. The fourth-order valence-electron chi connectivity index (χ4n) is 3.02. The monoisotopic (exact) mass is 577 g/mol. The van der Waals surface area contributed by atoms with E-state index in [-0.39, 0.29) is 20.1 Å². The maximum Gasteiger partial charge on any atom is 0.0160 e. The SMILES string of the molecule is [Ir].[c-]1ccc(-c2ccccc2)cc1-c1ccccn1.[c-]1ccccc1-c1ccccn1. The van der Waals surface area contributed by atoms with Gasteiger partial charge in [0, 0.05) is 32.5 Å². The normalized spacial score (nSPS) is 9.68. The molecule has 1 radical (unpaired) electrons. The Balaban J connectivity index is 0.000000183. The van der Waals surface area contributed by atoms with E-state index in [0.717, 1.165) is 22.5 Å². The molecule has 5 rings (SSSR count). The average Bonchev–Trinajstić information content (AvgIpc) is 2.87. The summed E-state index contributed by atoms with van der Waals surface area (Å²) in [5, 5.41) is 0. The minimum Gasteiger partial charge on any atom is -0.305 e. The van der Waals surface area contributed by atoms with Gasteiger partial charge in [-0.3, -0.25) is 0 Å². The molecular formula is C28H20IrN2-2. The van der Waals surface area contributed by atoms with Crippen molar-refractivity contribution in [2.24, 2.45) is 0 Å². The Morgan fingerprint density at radius 3 is 1.71 bits per heavy atom. The van der Waals surface area contributed by atoms with Gasteiger partial charge in [-0.25, -0.2) is 0 Å². The van der Waals surface area contributed by atoms with E-state index in [1.165, 1.54) is 11.1 Å². The first-order chi connectivity index (χ1) is 14.9. The van der Waals surface area contributed by atoms with Crippen LogP contribution in [0.3, 0.4) is 0 Å². The van der Waals surface area contributed by atoms with Crippen LogP contribution in [-0.4, -0.2) is 9.97 Å². The second-order valence-corrected chi connectivity index (χ2v) is 6.56. The van der Waals surface area contributed by atoms with E-state index in [1.807, 2.05) is 84.9 Å². The first kappa shape index (κ1) is 22.3. The molecule has 0 unspecified atom stereocenters. The van der Waals surface area contributed by atoms with Crippen LogP contribution in [-0.2, 0) is 20.1 Å². The van der Waals surface area contributed by atoms with Crippen LogP contribution in [0.4, 0.5) is 0 Å². The summed E-state index contributed by atoms with van der Waals surface area (Å²) in [6, 6.07) is 42.4. The van der Waals surface area contributed by atoms with Crippen LogP contribution in [0.15, 0.2) is 122 Å². The molecule has 0 N–H and O–H groups in total. The van der Waals surface area contributed by atoms with Crippen molar-refractivity contribution >= 4 is 0 Å². The van der Waals surface area contributed by atoms with Gasteiger partial charge in [0.15, 0.2) is 0 Å². The Morgan fingerprint density at radius 2 is 1.10 bits per heavy atom. The first-order valence-corrected chi connectivity index (χ1v) is 9.77. The zero-order chi connectivity index (χ0) is 20.4. The predicted molar refractivity (Wildman–Crippen MR) is 122 cm³/mol. The maximum absolute atomic E-state index is 4.35. The van der Waals surface area contributed by atoms with Crippen molar-refractivity contribution in [1.29, 1.82) is 0 Å². The van der Waals surface area contributed by atoms with Crippen LogP contribution < -0.4 is 0 Å². The summed E-state index contributed by atoms with van der Waals surface area (Å²) in [6.45, 7) is 0. The average molecular weight is 577 g/mol. The zero-order valence-electron chi connectivity index (χ0n) is 16.8. The van der Waals surface area contributed by atoms with Crippen LogP contribution in [0.1, 0.15) is 0 Å². The molecule has 2 nitrogen and oxygen atoms in total. The number of pyridine rings is 2. The molecular weight excluding hydrogens is 557 g/mol. The largest absolute Gasteiger partial charge is 0.305 e. The third-order valence-electron chi connectivity index (χ3n) is 4.50. The van der Waals surface area contributed by atoms with Gasteiger partial charge in [0.25, 0.3) is 0 Å². The van der Waals surface area contributed by atoms with Crippen LogP contribution >= 0.6 is 0 Å². The molecule has 3 heteroatoms. The predicted octanol–water partition coefficient (Wildman–Crippen LogP) is 6.76. The van der Waals surface area contributed by atoms with Crippen molar-refractivity contribution in [1.82, 2.24) is 9.97 Å². The first-order valence-electron chi connectivity index (χ1n) is 9.77. The number of benzene rings is 3. The van der Waals surface area contributed by atoms with Crippen molar-refractivity contribution < 1.29 is 20.1 Å². The van der Waals surface area contributed by atoms with Crippen molar-refractivity contribution in [2.45, 2.75) is 0 Å². The van der Waals surface area contributed by atoms with E-state index in [4.69, 9.17) is 0 Å². The van der Waals surface area contributed by atoms with Gasteiger partial charge in [-0.15, -0.1) is 71.3 Å². The second-order valence-electron chi connectivity index (χ2n) is 6.56. The van der Waals surface area contributed by atoms with Gasteiger partial charge in [0.2, 0.25) is 0 Å². The number of hydrogen-bond acceptors (Lipinski definition) is 2. The molecule has 31 heavy (non-hydrogen) atoms. The molecule has 2 aromatic heterocycles. The molecule has 0 amide bonds. The topological polar surface area (TPSA) is 25.8 Å². The minimum atomic E-state index is 0. The van der Waals surface area contributed by atoms with Gasteiger partial charge in [0.1, 0.15) is 0 Å². The maximum atomic E-state index is 4.35. The van der Waals surface area contributed by atoms with E-state index in [9.17, 15) is 0 Å². The fourth-order valence-corrected chi connectivity index (χ4v) is 3.02. The number of nitrogens with zero attached hydrogens (tertiary/aromatic N) is 2. The van der Waals surface area contributed by atoms with Gasteiger partial charge in [-0.05, 0) is 29.1 Å². The molecule has 0 aliphatic carbocycles. The molecule has 2 heterocycles. The van der Waals surface area contributed by atoms with Gasteiger partial charge < -0.3 is 9.97 Å². The quantitative estimate of drug-likeness (QED) is 0.222. The van der Waals surface area contributed by atoms with E-state index in [2.05, 4.69) is 46.4 Å². The summed E-state index contributed by atoms with van der Waals surface area (Å²) < 4.78 is 0. The molecule has 0 atom stereocenters. The van der Waals surface area contributed by atoms with Crippen molar-refractivity contribution in [3.05, 3.63) is 134 Å². The molecule has 0 spiro atoms. The second kappa shape index (κ2) is 11.7. The Hall–Kier alpha value is -3.39. The van der Waals surface area contributed by atoms with Gasteiger partial charge >= 0.3 is 0 Å². The summed E-state index contributed by atoms with van der Waals surface area (Å²) in [5.41, 5.74) is 6.39. The van der Waals surface area contributed by atoms with Crippen LogP contribution in [0.2, 0.25) is 0 Å². The van der Waals surface area contributed by atoms with Gasteiger partial charge in [-0.2, -0.15) is 0 Å². The van der Waals surface area contributed by atoms with Crippen molar-refractivity contribution in [2.75, 3.05) is 0 Å². The van der Waals surface area contributed by atoms with E-state index < -0.39 is 0 Å². The fraction of sp³-hybridized carbons (Fsp3) is 0. The number of hydrogen-bond donors (Lipinski definition) is 0. The molecule has 0 fully saturated rings. The standard InChI is InChI=1S/C17H12N.C11H8N.Ir/c1-2-7-14(8-3-1)15-9-6-10-16(13-15)17-11-4-5-12-18-17;1-2-6-10(7-3-1)11-8-4-5-9-12-11;/h1-9,11-13H;1-6,8-9H;/q2*-1;. The van der Waals surface area contributed by atoms with Crippen LogP contribution in [0, 0.1) is 12.1 Å². The summed E-state index contributed by atoms with van der Waals surface area (Å²) in [7, 11) is 0. The Morgan fingerprint density at radius 1 is 0.484 bits per heavy atom. The van der Waals surface area contributed by atoms with Crippen LogP contribution in [0.5, 0.6) is 0 Å². The summed E-state index contributed by atoms with van der Waals surface area (Å²) in [6.07, 6.45) is 3.59. The molecule has 153 valence electrons. The third-order valence-corrected chi connectivity index (χ3v) is 4.50. The third kappa shape index (κ3) is 6.29. The Bertz CT molecular complexity index is 1070. The Labute approximate surface area is 197 Å². The van der Waals surface area contributed by atoms with Crippen molar-refractivity contribution in [3.63, 3.8) is 0 Å². The van der Waals surface area contributed by atoms with Gasteiger partial charge in [0.05, 0.1) is 0 Å². The summed E-state index contributed by atoms with van der Waals surface area (Å²) in [4.78, 5) is 8.57. The smallest absolute Gasteiger partial charge is 0.0160 e. The van der Waals surface area contributed by atoms with Crippen molar-refractivity contribution in [3.8, 4) is 33.6 Å². The van der Waals surface area contributed by atoms with Gasteiger partial charge in [-0.1, -0.05) is 54.6 Å². The number of aromatic nitrogens is 2. The van der Waals surface area contributed by atoms with E-state index >= 15 is 0 Å². The Kier molecular flexibility index (Phi) is 8.42. The van der Waals surface area contributed by atoms with E-state index in [0.29, 0.717) is 0 Å². The molecule has 5 aromatic rings.